The Morgan fingerprint density at radius 1 is 1.56 bits per heavy atom. The molecule has 6 nitrogen and oxygen atoms in total. The Labute approximate surface area is 104 Å². The maximum atomic E-state index is 10.6. The summed E-state index contributed by atoms with van der Waals surface area (Å²) in [5.41, 5.74) is 0.776. The van der Waals surface area contributed by atoms with Gasteiger partial charge in [0.2, 0.25) is 11.7 Å². The van der Waals surface area contributed by atoms with Crippen LogP contribution in [0, 0.1) is 5.92 Å². The van der Waals surface area contributed by atoms with E-state index in [4.69, 9.17) is 9.63 Å². The summed E-state index contributed by atoms with van der Waals surface area (Å²) in [6.45, 7) is 1.84. The van der Waals surface area contributed by atoms with Crippen LogP contribution in [0.2, 0.25) is 0 Å². The fourth-order valence-electron chi connectivity index (χ4n) is 1.62. The fourth-order valence-corrected chi connectivity index (χ4v) is 1.62. The predicted octanol–water partition coefficient (Wildman–Crippen LogP) is 1.78. The predicted molar refractivity (Wildman–Crippen MR) is 62.6 cm³/mol. The molecule has 18 heavy (non-hydrogen) atoms. The van der Waals surface area contributed by atoms with Crippen molar-refractivity contribution in [3.63, 3.8) is 0 Å². The third kappa shape index (κ3) is 3.13. The van der Waals surface area contributed by atoms with Gasteiger partial charge in [0.25, 0.3) is 0 Å². The molecule has 6 heteroatoms. The van der Waals surface area contributed by atoms with Gasteiger partial charge in [0.15, 0.2) is 0 Å². The van der Waals surface area contributed by atoms with E-state index in [0.29, 0.717) is 18.1 Å². The number of carboxylic acid groups (broad SMARTS) is 1. The zero-order chi connectivity index (χ0) is 13.0. The molecule has 2 aromatic heterocycles. The number of carboxylic acids is 1. The fraction of sp³-hybridized carbons (Fsp3) is 0.333. The average molecular weight is 247 g/mol. The van der Waals surface area contributed by atoms with Crippen molar-refractivity contribution < 1.29 is 14.4 Å². The van der Waals surface area contributed by atoms with Crippen molar-refractivity contribution in [3.05, 3.63) is 30.4 Å². The Morgan fingerprint density at radius 3 is 3.06 bits per heavy atom. The number of aliphatic carboxylic acids is 1. The molecule has 2 aromatic rings. The van der Waals surface area contributed by atoms with Crippen LogP contribution < -0.4 is 0 Å². The number of hydrogen-bond acceptors (Lipinski definition) is 5. The van der Waals surface area contributed by atoms with Crippen LogP contribution in [0.5, 0.6) is 0 Å². The van der Waals surface area contributed by atoms with Crippen molar-refractivity contribution in [1.29, 1.82) is 0 Å². The summed E-state index contributed by atoms with van der Waals surface area (Å²) >= 11 is 0. The van der Waals surface area contributed by atoms with Gasteiger partial charge in [-0.1, -0.05) is 12.1 Å². The van der Waals surface area contributed by atoms with Crippen LogP contribution in [0.1, 0.15) is 19.2 Å². The van der Waals surface area contributed by atoms with Crippen LogP contribution in [0.4, 0.5) is 0 Å². The second-order valence-electron chi connectivity index (χ2n) is 4.16. The second-order valence-corrected chi connectivity index (χ2v) is 4.16. The molecule has 94 valence electrons. The van der Waals surface area contributed by atoms with Crippen molar-refractivity contribution in [3.8, 4) is 11.4 Å². The lowest BCUT2D eigenvalue weighted by Crippen LogP contribution is -2.07. The molecule has 0 fully saturated rings. The summed E-state index contributed by atoms with van der Waals surface area (Å²) in [5.74, 6) is 0.0578. The second kappa shape index (κ2) is 5.39. The number of hydrogen-bond donors (Lipinski definition) is 1. The quantitative estimate of drug-likeness (QED) is 0.866. The third-order valence-corrected chi connectivity index (χ3v) is 2.43. The number of pyridine rings is 1. The standard InChI is InChI=1S/C12H13N3O3/c1-8(6-11(16)17)5-10-14-12(15-18-10)9-3-2-4-13-7-9/h2-4,7-8H,5-6H2,1H3,(H,16,17). The SMILES string of the molecule is CC(CC(=O)O)Cc1nc(-c2cccnc2)no1. The van der Waals surface area contributed by atoms with Gasteiger partial charge in [-0.15, -0.1) is 0 Å². The van der Waals surface area contributed by atoms with E-state index in [9.17, 15) is 4.79 Å². The van der Waals surface area contributed by atoms with Gasteiger partial charge in [0.1, 0.15) is 0 Å². The maximum Gasteiger partial charge on any atom is 0.303 e. The summed E-state index contributed by atoms with van der Waals surface area (Å²) in [4.78, 5) is 18.7. The molecule has 0 aliphatic rings. The number of nitrogens with zero attached hydrogens (tertiary/aromatic N) is 3. The largest absolute Gasteiger partial charge is 0.481 e. The maximum absolute atomic E-state index is 10.6. The summed E-state index contributed by atoms with van der Waals surface area (Å²) in [6, 6.07) is 3.63. The molecule has 0 amide bonds. The van der Waals surface area contributed by atoms with E-state index >= 15 is 0 Å². The van der Waals surface area contributed by atoms with Crippen molar-refractivity contribution in [2.45, 2.75) is 19.8 Å². The Balaban J connectivity index is 2.05. The van der Waals surface area contributed by atoms with Crippen molar-refractivity contribution >= 4 is 5.97 Å². The molecule has 0 aliphatic heterocycles. The van der Waals surface area contributed by atoms with Gasteiger partial charge < -0.3 is 9.63 Å². The molecule has 0 bridgehead atoms. The van der Waals surface area contributed by atoms with Gasteiger partial charge in [0.05, 0.1) is 0 Å². The van der Waals surface area contributed by atoms with Crippen LogP contribution in [0.3, 0.4) is 0 Å². The number of carbonyl (C=O) groups is 1. The molecule has 2 rings (SSSR count). The lowest BCUT2D eigenvalue weighted by atomic mass is 10.0. The van der Waals surface area contributed by atoms with Gasteiger partial charge in [-0.3, -0.25) is 9.78 Å². The minimum absolute atomic E-state index is 0.0373. The first-order valence-corrected chi connectivity index (χ1v) is 5.60. The summed E-state index contributed by atoms with van der Waals surface area (Å²) < 4.78 is 5.09. The van der Waals surface area contributed by atoms with Crippen molar-refractivity contribution in [2.24, 2.45) is 5.92 Å². The van der Waals surface area contributed by atoms with Gasteiger partial charge in [-0.05, 0) is 18.1 Å². The third-order valence-electron chi connectivity index (χ3n) is 2.43. The van der Waals surface area contributed by atoms with E-state index < -0.39 is 5.97 Å². The topological polar surface area (TPSA) is 89.1 Å². The molecule has 2 heterocycles. The first kappa shape index (κ1) is 12.2. The lowest BCUT2D eigenvalue weighted by molar-refractivity contribution is -0.137. The Kier molecular flexibility index (Phi) is 3.66. The first-order chi connectivity index (χ1) is 8.65. The van der Waals surface area contributed by atoms with Crippen molar-refractivity contribution in [1.82, 2.24) is 15.1 Å². The minimum Gasteiger partial charge on any atom is -0.481 e. The molecule has 0 aliphatic carbocycles. The average Bonchev–Trinajstić information content (AvgIpc) is 2.77. The molecular weight excluding hydrogens is 234 g/mol. The van der Waals surface area contributed by atoms with E-state index in [-0.39, 0.29) is 12.3 Å². The normalized spacial score (nSPS) is 12.3. The molecule has 0 aromatic carbocycles. The summed E-state index contributed by atoms with van der Waals surface area (Å²) in [6.07, 6.45) is 3.86. The van der Waals surface area contributed by atoms with E-state index in [1.807, 2.05) is 13.0 Å². The molecule has 0 saturated carbocycles. The monoisotopic (exact) mass is 247 g/mol. The molecule has 0 saturated heterocycles. The highest BCUT2D eigenvalue weighted by molar-refractivity contribution is 5.66. The van der Waals surface area contributed by atoms with E-state index in [0.717, 1.165) is 5.56 Å². The van der Waals surface area contributed by atoms with E-state index in [1.54, 1.807) is 18.5 Å². The van der Waals surface area contributed by atoms with E-state index in [1.165, 1.54) is 0 Å². The molecular formula is C12H13N3O3. The van der Waals surface area contributed by atoms with Crippen LogP contribution in [-0.2, 0) is 11.2 Å². The van der Waals surface area contributed by atoms with Gasteiger partial charge >= 0.3 is 5.97 Å². The molecule has 1 N–H and O–H groups in total. The van der Waals surface area contributed by atoms with E-state index in [2.05, 4.69) is 15.1 Å². The zero-order valence-electron chi connectivity index (χ0n) is 9.91. The van der Waals surface area contributed by atoms with Crippen LogP contribution in [0.15, 0.2) is 29.0 Å². The van der Waals surface area contributed by atoms with Crippen molar-refractivity contribution in [2.75, 3.05) is 0 Å². The highest BCUT2D eigenvalue weighted by Crippen LogP contribution is 2.16. The highest BCUT2D eigenvalue weighted by Gasteiger charge is 2.14. The minimum atomic E-state index is -0.825. The molecule has 0 radical (unpaired) electrons. The van der Waals surface area contributed by atoms with Crippen LogP contribution in [0.25, 0.3) is 11.4 Å². The smallest absolute Gasteiger partial charge is 0.303 e. The highest BCUT2D eigenvalue weighted by atomic mass is 16.5. The summed E-state index contributed by atoms with van der Waals surface area (Å²) in [7, 11) is 0. The Morgan fingerprint density at radius 2 is 2.39 bits per heavy atom. The van der Waals surface area contributed by atoms with Gasteiger partial charge in [0, 0.05) is 30.8 Å². The number of aromatic nitrogens is 3. The zero-order valence-corrected chi connectivity index (χ0v) is 9.91. The molecule has 1 unspecified atom stereocenters. The summed E-state index contributed by atoms with van der Waals surface area (Å²) in [5, 5.41) is 12.5. The van der Waals surface area contributed by atoms with Crippen LogP contribution >= 0.6 is 0 Å². The van der Waals surface area contributed by atoms with Gasteiger partial charge in [-0.2, -0.15) is 4.98 Å². The lowest BCUT2D eigenvalue weighted by Gasteiger charge is -2.03. The van der Waals surface area contributed by atoms with Crippen LogP contribution in [-0.4, -0.2) is 26.2 Å². The Hall–Kier alpha value is -2.24. The first-order valence-electron chi connectivity index (χ1n) is 5.60. The number of rotatable bonds is 5. The van der Waals surface area contributed by atoms with Gasteiger partial charge in [-0.25, -0.2) is 0 Å². The Bertz CT molecular complexity index is 524. The molecule has 1 atom stereocenters. The molecule has 0 spiro atoms.